The van der Waals surface area contributed by atoms with Gasteiger partial charge in [-0.2, -0.15) is 0 Å². The van der Waals surface area contributed by atoms with Crippen LogP contribution in [-0.2, 0) is 19.1 Å². The normalized spacial score (nSPS) is 23.4. The van der Waals surface area contributed by atoms with E-state index in [1.165, 1.54) is 4.90 Å². The van der Waals surface area contributed by atoms with E-state index in [1.54, 1.807) is 6.92 Å². The zero-order chi connectivity index (χ0) is 19.7. The van der Waals surface area contributed by atoms with Crippen molar-refractivity contribution in [1.29, 1.82) is 0 Å². The highest BCUT2D eigenvalue weighted by Gasteiger charge is 2.44. The van der Waals surface area contributed by atoms with Crippen LogP contribution in [0.1, 0.15) is 26.2 Å². The predicted octanol–water partition coefficient (Wildman–Crippen LogP) is 2.75. The van der Waals surface area contributed by atoms with Crippen molar-refractivity contribution >= 4 is 34.2 Å². The first-order valence-corrected chi connectivity index (χ1v) is 9.84. The highest BCUT2D eigenvalue weighted by molar-refractivity contribution is 6.22. The number of carbonyl (C=O) groups excluding carboxylic acids is 3. The maximum Gasteiger partial charge on any atom is 0.310 e. The lowest BCUT2D eigenvalue weighted by molar-refractivity contribution is -0.150. The van der Waals surface area contributed by atoms with Gasteiger partial charge in [0.1, 0.15) is 0 Å². The summed E-state index contributed by atoms with van der Waals surface area (Å²) >= 11 is 0. The Morgan fingerprint density at radius 2 is 1.93 bits per heavy atom. The summed E-state index contributed by atoms with van der Waals surface area (Å²) in [5.74, 6) is -0.838. The fourth-order valence-corrected chi connectivity index (χ4v) is 4.23. The van der Waals surface area contributed by atoms with Gasteiger partial charge in [-0.15, -0.1) is 0 Å². The van der Waals surface area contributed by atoms with Crippen LogP contribution >= 0.6 is 0 Å². The minimum atomic E-state index is -0.504. The summed E-state index contributed by atoms with van der Waals surface area (Å²) in [5.41, 5.74) is 0.607. The number of fused-ring (bicyclic) bond motifs is 1. The van der Waals surface area contributed by atoms with Gasteiger partial charge in [-0.05, 0) is 49.2 Å². The molecule has 2 aliphatic heterocycles. The van der Waals surface area contributed by atoms with E-state index in [9.17, 15) is 14.4 Å². The van der Waals surface area contributed by atoms with Crippen molar-refractivity contribution in [3.63, 3.8) is 0 Å². The van der Waals surface area contributed by atoms with Gasteiger partial charge in [-0.25, -0.2) is 4.90 Å². The molecular formula is C22H24N2O4. The Labute approximate surface area is 164 Å². The van der Waals surface area contributed by atoms with Crippen LogP contribution < -0.4 is 4.90 Å². The molecule has 0 saturated carbocycles. The van der Waals surface area contributed by atoms with E-state index in [1.807, 2.05) is 47.4 Å². The molecule has 0 spiro atoms. The third-order valence-electron chi connectivity index (χ3n) is 5.63. The van der Waals surface area contributed by atoms with Crippen molar-refractivity contribution in [2.45, 2.75) is 32.2 Å². The zero-order valence-electron chi connectivity index (χ0n) is 16.0. The smallest absolute Gasteiger partial charge is 0.310 e. The van der Waals surface area contributed by atoms with E-state index >= 15 is 0 Å². The molecule has 0 N–H and O–H groups in total. The van der Waals surface area contributed by atoms with Crippen LogP contribution in [0.4, 0.5) is 5.69 Å². The summed E-state index contributed by atoms with van der Waals surface area (Å²) in [6.45, 7) is 3.32. The SMILES string of the molecule is CCOC(=O)[C@@H]1CCCN([C@@H]2CC(=O)N(c3ccc4ccccc4c3)C2=O)C1. The van der Waals surface area contributed by atoms with Crippen molar-refractivity contribution in [2.75, 3.05) is 24.6 Å². The minimum absolute atomic E-state index is 0.154. The van der Waals surface area contributed by atoms with Gasteiger partial charge < -0.3 is 4.74 Å². The first-order valence-electron chi connectivity index (χ1n) is 9.84. The van der Waals surface area contributed by atoms with Crippen LogP contribution in [0.2, 0.25) is 0 Å². The molecule has 2 saturated heterocycles. The average molecular weight is 380 g/mol. The second kappa shape index (κ2) is 7.72. The summed E-state index contributed by atoms with van der Waals surface area (Å²) in [5, 5.41) is 2.06. The molecule has 6 nitrogen and oxygen atoms in total. The van der Waals surface area contributed by atoms with Gasteiger partial charge in [-0.1, -0.05) is 30.3 Å². The van der Waals surface area contributed by atoms with Gasteiger partial charge in [0, 0.05) is 6.54 Å². The number of hydrogen-bond donors (Lipinski definition) is 0. The third kappa shape index (κ3) is 3.40. The molecule has 28 heavy (non-hydrogen) atoms. The fourth-order valence-electron chi connectivity index (χ4n) is 4.23. The third-order valence-corrected chi connectivity index (χ3v) is 5.63. The van der Waals surface area contributed by atoms with Crippen LogP contribution in [0.15, 0.2) is 42.5 Å². The van der Waals surface area contributed by atoms with E-state index in [-0.39, 0.29) is 30.1 Å². The lowest BCUT2D eigenvalue weighted by Crippen LogP contribution is -2.48. The summed E-state index contributed by atoms with van der Waals surface area (Å²) in [6.07, 6.45) is 1.73. The number of hydrogen-bond acceptors (Lipinski definition) is 5. The number of carbonyl (C=O) groups is 3. The van der Waals surface area contributed by atoms with Crippen molar-refractivity contribution in [2.24, 2.45) is 5.92 Å². The van der Waals surface area contributed by atoms with Crippen molar-refractivity contribution in [3.05, 3.63) is 42.5 Å². The van der Waals surface area contributed by atoms with Gasteiger partial charge in [0.15, 0.2) is 0 Å². The Kier molecular flexibility index (Phi) is 5.13. The number of rotatable bonds is 4. The van der Waals surface area contributed by atoms with Crippen molar-refractivity contribution in [3.8, 4) is 0 Å². The van der Waals surface area contributed by atoms with Crippen LogP contribution in [0.3, 0.4) is 0 Å². The largest absolute Gasteiger partial charge is 0.466 e. The zero-order valence-corrected chi connectivity index (χ0v) is 16.0. The Morgan fingerprint density at radius 3 is 2.71 bits per heavy atom. The van der Waals surface area contributed by atoms with Gasteiger partial charge in [-0.3, -0.25) is 19.3 Å². The highest BCUT2D eigenvalue weighted by atomic mass is 16.5. The van der Waals surface area contributed by atoms with Crippen molar-refractivity contribution < 1.29 is 19.1 Å². The van der Waals surface area contributed by atoms with Gasteiger partial charge >= 0.3 is 5.97 Å². The number of nitrogens with zero attached hydrogens (tertiary/aromatic N) is 2. The monoisotopic (exact) mass is 380 g/mol. The number of amides is 2. The second-order valence-electron chi connectivity index (χ2n) is 7.40. The molecule has 146 valence electrons. The highest BCUT2D eigenvalue weighted by Crippen LogP contribution is 2.30. The predicted molar refractivity (Wildman–Crippen MR) is 106 cm³/mol. The Hall–Kier alpha value is -2.73. The Bertz CT molecular complexity index is 926. The first kappa shape index (κ1) is 18.6. The summed E-state index contributed by atoms with van der Waals surface area (Å²) in [6, 6.07) is 13.0. The molecular weight excluding hydrogens is 356 g/mol. The summed E-state index contributed by atoms with van der Waals surface area (Å²) < 4.78 is 5.14. The molecule has 2 amide bonds. The van der Waals surface area contributed by atoms with Crippen LogP contribution in [0, 0.1) is 5.92 Å². The molecule has 0 bridgehead atoms. The molecule has 2 heterocycles. The van der Waals surface area contributed by atoms with E-state index in [0.29, 0.717) is 25.4 Å². The topological polar surface area (TPSA) is 66.9 Å². The molecule has 2 atom stereocenters. The van der Waals surface area contributed by atoms with Gasteiger partial charge in [0.05, 0.1) is 30.7 Å². The number of benzene rings is 2. The number of likely N-dealkylation sites (tertiary alicyclic amines) is 1. The molecule has 2 aromatic carbocycles. The summed E-state index contributed by atoms with van der Waals surface area (Å²) in [7, 11) is 0. The quantitative estimate of drug-likeness (QED) is 0.603. The fraction of sp³-hybridized carbons (Fsp3) is 0.409. The van der Waals surface area contributed by atoms with E-state index in [0.717, 1.165) is 23.6 Å². The maximum absolute atomic E-state index is 13.1. The average Bonchev–Trinajstić information content (AvgIpc) is 3.02. The second-order valence-corrected chi connectivity index (χ2v) is 7.40. The first-order chi connectivity index (χ1) is 13.6. The molecule has 2 aliphatic rings. The van der Waals surface area contributed by atoms with Crippen LogP contribution in [0.25, 0.3) is 10.8 Å². The molecule has 0 aromatic heterocycles. The Balaban J connectivity index is 1.54. The molecule has 6 heteroatoms. The Morgan fingerprint density at radius 1 is 1.14 bits per heavy atom. The molecule has 4 rings (SSSR count). The number of esters is 1. The molecule has 2 aromatic rings. The van der Waals surface area contributed by atoms with E-state index in [2.05, 4.69) is 0 Å². The lowest BCUT2D eigenvalue weighted by Gasteiger charge is -2.34. The van der Waals surface area contributed by atoms with E-state index in [4.69, 9.17) is 4.74 Å². The van der Waals surface area contributed by atoms with Crippen molar-refractivity contribution in [1.82, 2.24) is 4.90 Å². The minimum Gasteiger partial charge on any atom is -0.466 e. The number of piperidine rings is 1. The maximum atomic E-state index is 13.1. The standard InChI is InChI=1S/C22H24N2O4/c1-2-28-22(27)17-8-5-11-23(14-17)19-13-20(25)24(21(19)26)18-10-9-15-6-3-4-7-16(15)12-18/h3-4,6-7,9-10,12,17,19H,2,5,8,11,13-14H2,1H3/t17-,19-/m1/s1. The summed E-state index contributed by atoms with van der Waals surface area (Å²) in [4.78, 5) is 41.2. The molecule has 0 unspecified atom stereocenters. The number of imide groups is 1. The number of ether oxygens (including phenoxy) is 1. The van der Waals surface area contributed by atoms with Gasteiger partial charge in [0.2, 0.25) is 5.91 Å². The number of anilines is 1. The molecule has 0 radical (unpaired) electrons. The molecule has 2 fully saturated rings. The lowest BCUT2D eigenvalue weighted by atomic mass is 9.96. The van der Waals surface area contributed by atoms with Gasteiger partial charge in [0.25, 0.3) is 5.91 Å². The molecule has 0 aliphatic carbocycles. The van der Waals surface area contributed by atoms with Crippen LogP contribution in [0.5, 0.6) is 0 Å². The van der Waals surface area contributed by atoms with Crippen LogP contribution in [-0.4, -0.2) is 48.4 Å². The van der Waals surface area contributed by atoms with E-state index < -0.39 is 6.04 Å².